The summed E-state index contributed by atoms with van der Waals surface area (Å²) in [5, 5.41) is 17.5. The van der Waals surface area contributed by atoms with Gasteiger partial charge in [0.25, 0.3) is 0 Å². The van der Waals surface area contributed by atoms with E-state index in [9.17, 15) is 14.7 Å². The van der Waals surface area contributed by atoms with E-state index in [1.165, 1.54) is 12.1 Å². The third-order valence-corrected chi connectivity index (χ3v) is 7.22. The van der Waals surface area contributed by atoms with Crippen LogP contribution in [0.25, 0.3) is 5.69 Å². The standard InChI is InChI=1S/C30H30Cl2N4O4/c1-18(2)23-14-34-36(29-24(31)6-5-7-25(29)32)28(23)16-40-22-10-11-27(19(3)12-22)35(4)15-21-9-8-20(30(38)39)13-26(21)33-17-37/h5-14,17-18H,15-16H2,1-4H3,(H,33,37)(H,38,39). The number of hydrogen-bond acceptors (Lipinski definition) is 5. The summed E-state index contributed by atoms with van der Waals surface area (Å²) in [5.74, 6) is -0.148. The van der Waals surface area contributed by atoms with Crippen LogP contribution in [0.2, 0.25) is 10.0 Å². The fraction of sp³-hybridized carbons (Fsp3) is 0.233. The number of nitrogens with zero attached hydrogens (tertiary/aromatic N) is 3. The van der Waals surface area contributed by atoms with Gasteiger partial charge in [0.1, 0.15) is 18.0 Å². The number of hydrogen-bond donors (Lipinski definition) is 2. The topological polar surface area (TPSA) is 96.7 Å². The monoisotopic (exact) mass is 580 g/mol. The molecule has 0 fully saturated rings. The van der Waals surface area contributed by atoms with Gasteiger partial charge in [0.05, 0.1) is 27.5 Å². The summed E-state index contributed by atoms with van der Waals surface area (Å²) in [6.45, 7) is 6.90. The maximum absolute atomic E-state index is 11.3. The molecule has 8 nitrogen and oxygen atoms in total. The Labute approximate surface area is 243 Å². The van der Waals surface area contributed by atoms with Gasteiger partial charge in [-0.05, 0) is 72.0 Å². The molecule has 10 heteroatoms. The molecule has 0 bridgehead atoms. The molecule has 0 radical (unpaired) electrons. The Morgan fingerprint density at radius 2 is 1.88 bits per heavy atom. The van der Waals surface area contributed by atoms with Gasteiger partial charge in [-0.3, -0.25) is 4.79 Å². The smallest absolute Gasteiger partial charge is 0.335 e. The van der Waals surface area contributed by atoms with E-state index in [-0.39, 0.29) is 18.1 Å². The Morgan fingerprint density at radius 3 is 2.50 bits per heavy atom. The first-order chi connectivity index (χ1) is 19.1. The molecule has 0 saturated carbocycles. The molecule has 3 aromatic carbocycles. The molecular weight excluding hydrogens is 551 g/mol. The number of para-hydroxylation sites is 1. The van der Waals surface area contributed by atoms with E-state index < -0.39 is 5.97 Å². The highest BCUT2D eigenvalue weighted by Gasteiger charge is 2.20. The highest BCUT2D eigenvalue weighted by atomic mass is 35.5. The van der Waals surface area contributed by atoms with Crippen LogP contribution in [0.3, 0.4) is 0 Å². The largest absolute Gasteiger partial charge is 0.487 e. The van der Waals surface area contributed by atoms with Gasteiger partial charge >= 0.3 is 5.97 Å². The Morgan fingerprint density at radius 1 is 1.15 bits per heavy atom. The van der Waals surface area contributed by atoms with Crippen LogP contribution in [0.5, 0.6) is 5.75 Å². The second-order valence-electron chi connectivity index (χ2n) is 9.72. The number of aryl methyl sites for hydroxylation is 1. The molecule has 4 rings (SSSR count). The third-order valence-electron chi connectivity index (χ3n) is 6.61. The normalized spacial score (nSPS) is 11.0. The van der Waals surface area contributed by atoms with Gasteiger partial charge in [0, 0.05) is 25.0 Å². The summed E-state index contributed by atoms with van der Waals surface area (Å²) in [6, 6.07) is 15.9. The molecule has 0 aliphatic carbocycles. The molecule has 2 N–H and O–H groups in total. The SMILES string of the molecule is Cc1cc(OCc2c(C(C)C)cnn2-c2c(Cl)cccc2Cl)ccc1N(C)Cc1ccc(C(=O)O)cc1NC=O. The van der Waals surface area contributed by atoms with Crippen molar-refractivity contribution in [2.75, 3.05) is 17.3 Å². The van der Waals surface area contributed by atoms with E-state index in [1.54, 1.807) is 28.9 Å². The molecule has 4 aromatic rings. The number of carbonyl (C=O) groups excluding carboxylic acids is 1. The van der Waals surface area contributed by atoms with Crippen LogP contribution < -0.4 is 15.0 Å². The predicted molar refractivity (Wildman–Crippen MR) is 158 cm³/mol. The number of halogens is 2. The zero-order valence-corrected chi connectivity index (χ0v) is 24.1. The van der Waals surface area contributed by atoms with Crippen molar-refractivity contribution in [2.24, 2.45) is 0 Å². The number of aromatic carboxylic acids is 1. The number of aromatic nitrogens is 2. The lowest BCUT2D eigenvalue weighted by molar-refractivity contribution is -0.105. The molecule has 208 valence electrons. The highest BCUT2D eigenvalue weighted by molar-refractivity contribution is 6.37. The molecular formula is C30H30Cl2N4O4. The lowest BCUT2D eigenvalue weighted by atomic mass is 10.0. The third kappa shape index (κ3) is 6.24. The number of benzene rings is 3. The van der Waals surface area contributed by atoms with Crippen LogP contribution in [-0.4, -0.2) is 34.3 Å². The van der Waals surface area contributed by atoms with Crippen LogP contribution in [0.15, 0.2) is 60.8 Å². The predicted octanol–water partition coefficient (Wildman–Crippen LogP) is 7.09. The second-order valence-corrected chi connectivity index (χ2v) is 10.5. The second kappa shape index (κ2) is 12.4. The van der Waals surface area contributed by atoms with Crippen molar-refractivity contribution < 1.29 is 19.4 Å². The number of nitrogens with one attached hydrogen (secondary N) is 1. The fourth-order valence-corrected chi connectivity index (χ4v) is 5.14. The molecule has 0 atom stereocenters. The Hall–Kier alpha value is -4.01. The minimum absolute atomic E-state index is 0.104. The minimum Gasteiger partial charge on any atom is -0.487 e. The first-order valence-electron chi connectivity index (χ1n) is 12.6. The summed E-state index contributed by atoms with van der Waals surface area (Å²) < 4.78 is 7.98. The molecule has 1 amide bonds. The number of carboxylic acids is 1. The quantitative estimate of drug-likeness (QED) is 0.184. The van der Waals surface area contributed by atoms with Crippen molar-refractivity contribution in [3.63, 3.8) is 0 Å². The van der Waals surface area contributed by atoms with Gasteiger partial charge < -0.3 is 20.1 Å². The Kier molecular flexibility index (Phi) is 9.02. The number of rotatable bonds is 11. The van der Waals surface area contributed by atoms with Crippen molar-refractivity contribution in [2.45, 2.75) is 39.8 Å². The van der Waals surface area contributed by atoms with Gasteiger partial charge in [-0.1, -0.05) is 49.2 Å². The lowest BCUT2D eigenvalue weighted by Crippen LogP contribution is -2.19. The maximum Gasteiger partial charge on any atom is 0.335 e. The first kappa shape index (κ1) is 29.0. The first-order valence-corrected chi connectivity index (χ1v) is 13.4. The molecule has 1 aromatic heterocycles. The van der Waals surface area contributed by atoms with Crippen molar-refractivity contribution >= 4 is 47.0 Å². The van der Waals surface area contributed by atoms with Crippen LogP contribution in [0.4, 0.5) is 11.4 Å². The zero-order valence-electron chi connectivity index (χ0n) is 22.6. The van der Waals surface area contributed by atoms with Crippen LogP contribution >= 0.6 is 23.2 Å². The molecule has 0 saturated heterocycles. The number of anilines is 2. The van der Waals surface area contributed by atoms with E-state index in [4.69, 9.17) is 27.9 Å². The average molecular weight is 582 g/mol. The lowest BCUT2D eigenvalue weighted by Gasteiger charge is -2.23. The average Bonchev–Trinajstić information content (AvgIpc) is 3.32. The fourth-order valence-electron chi connectivity index (χ4n) is 4.58. The Bertz CT molecular complexity index is 1530. The van der Waals surface area contributed by atoms with E-state index >= 15 is 0 Å². The molecule has 0 unspecified atom stereocenters. The summed E-state index contributed by atoms with van der Waals surface area (Å²) >= 11 is 13.0. The summed E-state index contributed by atoms with van der Waals surface area (Å²) in [6.07, 6.45) is 2.36. The van der Waals surface area contributed by atoms with E-state index in [2.05, 4.69) is 24.3 Å². The van der Waals surface area contributed by atoms with Gasteiger partial charge in [0.2, 0.25) is 6.41 Å². The Balaban J connectivity index is 1.55. The zero-order chi connectivity index (χ0) is 29.0. The van der Waals surface area contributed by atoms with Gasteiger partial charge in [0.15, 0.2) is 0 Å². The van der Waals surface area contributed by atoms with Crippen molar-refractivity contribution in [1.29, 1.82) is 0 Å². The summed E-state index contributed by atoms with van der Waals surface area (Å²) in [5.41, 5.74) is 5.81. The van der Waals surface area contributed by atoms with Crippen molar-refractivity contribution in [3.8, 4) is 11.4 Å². The number of carbonyl (C=O) groups is 2. The van der Waals surface area contributed by atoms with Gasteiger partial charge in [-0.2, -0.15) is 5.10 Å². The summed E-state index contributed by atoms with van der Waals surface area (Å²) in [7, 11) is 1.93. The molecule has 40 heavy (non-hydrogen) atoms. The van der Waals surface area contributed by atoms with Gasteiger partial charge in [-0.15, -0.1) is 0 Å². The van der Waals surface area contributed by atoms with E-state index in [0.717, 1.165) is 28.1 Å². The summed E-state index contributed by atoms with van der Waals surface area (Å²) in [4.78, 5) is 24.4. The molecule has 1 heterocycles. The molecule has 0 aliphatic heterocycles. The van der Waals surface area contributed by atoms with Crippen LogP contribution in [0.1, 0.15) is 52.5 Å². The van der Waals surface area contributed by atoms with Crippen LogP contribution in [-0.2, 0) is 17.9 Å². The van der Waals surface area contributed by atoms with Crippen molar-refractivity contribution in [3.05, 3.63) is 98.8 Å². The number of carboxylic acid groups (broad SMARTS) is 1. The minimum atomic E-state index is -1.06. The molecule has 0 aliphatic rings. The highest BCUT2D eigenvalue weighted by Crippen LogP contribution is 2.33. The number of ether oxygens (including phenoxy) is 1. The van der Waals surface area contributed by atoms with E-state index in [0.29, 0.717) is 40.1 Å². The number of amides is 1. The van der Waals surface area contributed by atoms with Gasteiger partial charge in [-0.25, -0.2) is 9.48 Å². The molecule has 0 spiro atoms. The maximum atomic E-state index is 11.3. The van der Waals surface area contributed by atoms with Crippen molar-refractivity contribution in [1.82, 2.24) is 9.78 Å². The van der Waals surface area contributed by atoms with E-state index in [1.807, 2.05) is 43.3 Å². The van der Waals surface area contributed by atoms with Crippen LogP contribution in [0, 0.1) is 6.92 Å².